The number of aryl methyl sites for hydroxylation is 1. The van der Waals surface area contributed by atoms with Gasteiger partial charge in [-0.2, -0.15) is 0 Å². The topological polar surface area (TPSA) is 9.23 Å². The van der Waals surface area contributed by atoms with Crippen LogP contribution in [-0.2, 0) is 13.0 Å². The first-order chi connectivity index (χ1) is 14.7. The predicted molar refractivity (Wildman–Crippen MR) is 117 cm³/mol. The highest BCUT2D eigenvalue weighted by Gasteiger charge is 2.39. The molecular formula is C27H25FNO+. The highest BCUT2D eigenvalue weighted by Crippen LogP contribution is 2.43. The fraction of sp³-hybridized carbons (Fsp3) is 0.185. The van der Waals surface area contributed by atoms with Crippen LogP contribution < -0.4 is 4.74 Å². The maximum absolute atomic E-state index is 13.1. The van der Waals surface area contributed by atoms with Crippen LogP contribution in [0.2, 0.25) is 0 Å². The van der Waals surface area contributed by atoms with Gasteiger partial charge in [0.1, 0.15) is 42.3 Å². The Bertz CT molecular complexity index is 1070. The molecule has 0 bridgehead atoms. The van der Waals surface area contributed by atoms with Crippen LogP contribution in [0.3, 0.4) is 0 Å². The third-order valence-electron chi connectivity index (χ3n) is 6.19. The maximum atomic E-state index is 13.1. The molecule has 1 atom stereocenters. The highest BCUT2D eigenvalue weighted by atomic mass is 19.1. The quantitative estimate of drug-likeness (QED) is 0.418. The molecule has 3 aromatic rings. The molecular weight excluding hydrogens is 373 g/mol. The Hall–Kier alpha value is -3.17. The summed E-state index contributed by atoms with van der Waals surface area (Å²) in [5.74, 6) is 1.13. The lowest BCUT2D eigenvalue weighted by Crippen LogP contribution is -2.40. The van der Waals surface area contributed by atoms with Gasteiger partial charge in [-0.15, -0.1) is 0 Å². The van der Waals surface area contributed by atoms with E-state index >= 15 is 0 Å². The molecule has 2 aliphatic rings. The normalized spacial score (nSPS) is 18.9. The zero-order valence-corrected chi connectivity index (χ0v) is 16.9. The van der Waals surface area contributed by atoms with E-state index in [1.807, 2.05) is 12.1 Å². The Morgan fingerprint density at radius 2 is 1.50 bits per heavy atom. The smallest absolute Gasteiger partial charge is 0.127 e. The Morgan fingerprint density at radius 3 is 2.23 bits per heavy atom. The monoisotopic (exact) mass is 398 g/mol. The molecule has 150 valence electrons. The molecule has 0 radical (unpaired) electrons. The number of quaternary nitrogens is 1. The number of hydrogen-bond acceptors (Lipinski definition) is 1. The van der Waals surface area contributed by atoms with Crippen molar-refractivity contribution >= 4 is 0 Å². The predicted octanol–water partition coefficient (Wildman–Crippen LogP) is 7.05. The van der Waals surface area contributed by atoms with E-state index in [4.69, 9.17) is 4.74 Å². The standard InChI is InChI=1S/C27H25FNO/c28-23-12-16-25(17-13-23)30-24-14-10-21(11-15-24)20-29(18-3-4-19-29)27-9-5-7-22-6-1-2-8-26(22)27/h1-4,6,8,10-19,27H,5,7,9,20H2/q+1. The molecule has 1 heterocycles. The molecule has 0 fully saturated rings. The molecule has 0 N–H and O–H groups in total. The summed E-state index contributed by atoms with van der Waals surface area (Å²) in [6, 6.07) is 23.7. The number of fused-ring (bicyclic) bond motifs is 1. The molecule has 0 spiro atoms. The number of hydrogen-bond donors (Lipinski definition) is 0. The Labute approximate surface area is 177 Å². The van der Waals surface area contributed by atoms with E-state index in [9.17, 15) is 4.39 Å². The van der Waals surface area contributed by atoms with Gasteiger partial charge in [0, 0.05) is 17.5 Å². The lowest BCUT2D eigenvalue weighted by atomic mass is 9.85. The van der Waals surface area contributed by atoms with Crippen molar-refractivity contribution in [2.75, 3.05) is 0 Å². The zero-order chi connectivity index (χ0) is 20.4. The zero-order valence-electron chi connectivity index (χ0n) is 16.9. The first-order valence-corrected chi connectivity index (χ1v) is 10.6. The summed E-state index contributed by atoms with van der Waals surface area (Å²) in [6.45, 7) is 0.906. The molecule has 3 heteroatoms. The second kappa shape index (κ2) is 7.92. The number of halogens is 1. The summed E-state index contributed by atoms with van der Waals surface area (Å²) < 4.78 is 19.8. The fourth-order valence-corrected chi connectivity index (χ4v) is 4.74. The Balaban J connectivity index is 1.38. The van der Waals surface area contributed by atoms with Gasteiger partial charge in [-0.25, -0.2) is 4.39 Å². The van der Waals surface area contributed by atoms with E-state index in [2.05, 4.69) is 61.0 Å². The van der Waals surface area contributed by atoms with Crippen molar-refractivity contribution in [3.8, 4) is 11.5 Å². The van der Waals surface area contributed by atoms with Crippen LogP contribution in [0.4, 0.5) is 4.39 Å². The molecule has 1 aliphatic carbocycles. The molecule has 3 aromatic carbocycles. The van der Waals surface area contributed by atoms with Gasteiger partial charge in [0.25, 0.3) is 0 Å². The molecule has 2 nitrogen and oxygen atoms in total. The first-order valence-electron chi connectivity index (χ1n) is 10.6. The van der Waals surface area contributed by atoms with E-state index in [0.29, 0.717) is 11.8 Å². The van der Waals surface area contributed by atoms with E-state index < -0.39 is 0 Å². The molecule has 0 saturated heterocycles. The van der Waals surface area contributed by atoms with E-state index in [-0.39, 0.29) is 5.82 Å². The molecule has 0 saturated carbocycles. The van der Waals surface area contributed by atoms with Gasteiger partial charge < -0.3 is 4.74 Å². The lowest BCUT2D eigenvalue weighted by Gasteiger charge is -2.40. The Kier molecular flexibility index (Phi) is 4.97. The minimum atomic E-state index is -0.261. The van der Waals surface area contributed by atoms with Gasteiger partial charge in [0.05, 0.1) is 0 Å². The van der Waals surface area contributed by atoms with Gasteiger partial charge in [-0.1, -0.05) is 24.3 Å². The number of ether oxygens (including phenoxy) is 1. The third kappa shape index (κ3) is 3.69. The van der Waals surface area contributed by atoms with Crippen molar-refractivity contribution in [3.05, 3.63) is 120 Å². The maximum Gasteiger partial charge on any atom is 0.127 e. The van der Waals surface area contributed by atoms with Crippen LogP contribution in [0.1, 0.15) is 35.6 Å². The molecule has 0 amide bonds. The summed E-state index contributed by atoms with van der Waals surface area (Å²) in [4.78, 5) is 0. The van der Waals surface area contributed by atoms with E-state index in [1.54, 1.807) is 12.1 Å². The number of allylic oxidation sites excluding steroid dienone is 2. The second-order valence-corrected chi connectivity index (χ2v) is 8.14. The van der Waals surface area contributed by atoms with Crippen LogP contribution in [0.5, 0.6) is 11.5 Å². The first kappa shape index (κ1) is 18.8. The van der Waals surface area contributed by atoms with Gasteiger partial charge in [-0.3, -0.25) is 4.48 Å². The molecule has 0 aromatic heterocycles. The number of nitrogens with zero attached hydrogens (tertiary/aromatic N) is 1. The van der Waals surface area contributed by atoms with Gasteiger partial charge >= 0.3 is 0 Å². The van der Waals surface area contributed by atoms with Gasteiger partial charge in [0.15, 0.2) is 0 Å². The second-order valence-electron chi connectivity index (χ2n) is 8.14. The summed E-state index contributed by atoms with van der Waals surface area (Å²) in [6.07, 6.45) is 12.6. The van der Waals surface area contributed by atoms with Crippen LogP contribution >= 0.6 is 0 Å². The third-order valence-corrected chi connectivity index (χ3v) is 6.19. The van der Waals surface area contributed by atoms with Crippen molar-refractivity contribution in [3.63, 3.8) is 0 Å². The summed E-state index contributed by atoms with van der Waals surface area (Å²) in [5, 5.41) is 0. The highest BCUT2D eigenvalue weighted by molar-refractivity contribution is 5.34. The largest absolute Gasteiger partial charge is 0.457 e. The van der Waals surface area contributed by atoms with Crippen molar-refractivity contribution in [2.24, 2.45) is 0 Å². The van der Waals surface area contributed by atoms with Crippen molar-refractivity contribution in [2.45, 2.75) is 31.8 Å². The van der Waals surface area contributed by atoms with E-state index in [1.165, 1.54) is 48.1 Å². The van der Waals surface area contributed by atoms with Crippen molar-refractivity contribution in [1.29, 1.82) is 0 Å². The number of rotatable bonds is 5. The van der Waals surface area contributed by atoms with Gasteiger partial charge in [0.2, 0.25) is 0 Å². The minimum absolute atomic E-state index is 0.261. The molecule has 5 rings (SSSR count). The molecule has 1 unspecified atom stereocenters. The Morgan fingerprint density at radius 1 is 0.833 bits per heavy atom. The van der Waals surface area contributed by atoms with Gasteiger partial charge in [-0.05, 0) is 79.1 Å². The average molecular weight is 399 g/mol. The minimum Gasteiger partial charge on any atom is -0.457 e. The van der Waals surface area contributed by atoms with E-state index in [0.717, 1.165) is 16.8 Å². The van der Waals surface area contributed by atoms with Crippen molar-refractivity contribution in [1.82, 2.24) is 0 Å². The summed E-state index contributed by atoms with van der Waals surface area (Å²) >= 11 is 0. The van der Waals surface area contributed by atoms with Crippen molar-refractivity contribution < 1.29 is 13.6 Å². The van der Waals surface area contributed by atoms with Crippen LogP contribution in [0.15, 0.2) is 97.3 Å². The SMILES string of the molecule is Fc1ccc(Oc2ccc(C[N+]3(C4CCCc5ccccc54)C=CC=C3)cc2)cc1. The molecule has 1 aliphatic heterocycles. The fourth-order valence-electron chi connectivity index (χ4n) is 4.74. The summed E-state index contributed by atoms with van der Waals surface area (Å²) in [7, 11) is 0. The van der Waals surface area contributed by atoms with Crippen LogP contribution in [0, 0.1) is 5.82 Å². The van der Waals surface area contributed by atoms with Crippen LogP contribution in [0.25, 0.3) is 0 Å². The van der Waals surface area contributed by atoms with Crippen LogP contribution in [-0.4, -0.2) is 4.48 Å². The lowest BCUT2D eigenvalue weighted by molar-refractivity contribution is -0.873. The summed E-state index contributed by atoms with van der Waals surface area (Å²) in [5.41, 5.74) is 4.24. The molecule has 30 heavy (non-hydrogen) atoms. The number of benzene rings is 3. The average Bonchev–Trinajstić information content (AvgIpc) is 3.26.